The van der Waals surface area contributed by atoms with E-state index in [4.69, 9.17) is 4.74 Å². The van der Waals surface area contributed by atoms with E-state index in [1.807, 2.05) is 53.8 Å². The summed E-state index contributed by atoms with van der Waals surface area (Å²) in [5, 5.41) is 5.52. The van der Waals surface area contributed by atoms with Crippen LogP contribution >= 0.6 is 11.3 Å². The summed E-state index contributed by atoms with van der Waals surface area (Å²) in [7, 11) is 1.67. The molecule has 1 aliphatic carbocycles. The van der Waals surface area contributed by atoms with E-state index in [9.17, 15) is 4.79 Å². The molecule has 160 valence electrons. The molecule has 3 aromatic rings. The van der Waals surface area contributed by atoms with Gasteiger partial charge in [0.15, 0.2) is 0 Å². The lowest BCUT2D eigenvalue weighted by molar-refractivity contribution is -0.123. The minimum absolute atomic E-state index is 0.0778. The zero-order valence-corrected chi connectivity index (χ0v) is 18.6. The lowest BCUT2D eigenvalue weighted by Crippen LogP contribution is -2.44. The highest BCUT2D eigenvalue weighted by atomic mass is 32.1. The van der Waals surface area contributed by atoms with Crippen LogP contribution in [0.2, 0.25) is 0 Å². The van der Waals surface area contributed by atoms with E-state index in [1.165, 1.54) is 23.3 Å². The van der Waals surface area contributed by atoms with Crippen molar-refractivity contribution in [2.24, 2.45) is 5.92 Å². The quantitative estimate of drug-likeness (QED) is 0.573. The van der Waals surface area contributed by atoms with Crippen LogP contribution in [0.4, 0.5) is 0 Å². The maximum absolute atomic E-state index is 13.3. The van der Waals surface area contributed by atoms with Crippen molar-refractivity contribution in [1.29, 1.82) is 0 Å². The highest BCUT2D eigenvalue weighted by molar-refractivity contribution is 7.10. The third-order valence-corrected chi connectivity index (χ3v) is 7.42. The van der Waals surface area contributed by atoms with Gasteiger partial charge in [-0.3, -0.25) is 9.69 Å². The number of amides is 1. The van der Waals surface area contributed by atoms with Crippen LogP contribution in [-0.2, 0) is 11.2 Å². The summed E-state index contributed by atoms with van der Waals surface area (Å²) in [5.74, 6) is 1.59. The molecule has 0 radical (unpaired) electrons. The maximum atomic E-state index is 13.3. The average molecular weight is 433 g/mol. The predicted octanol–water partition coefficient (Wildman–Crippen LogP) is 4.97. The SMILES string of the molecule is COc1ccc([C@H](NC(=O)CN2CCc3sccc3[C@H]2C2CC2)c2ccccc2)cc1. The van der Waals surface area contributed by atoms with E-state index in [2.05, 4.69) is 33.8 Å². The molecule has 5 rings (SSSR count). The second-order valence-corrected chi connectivity index (χ2v) is 9.49. The molecule has 31 heavy (non-hydrogen) atoms. The highest BCUT2D eigenvalue weighted by Crippen LogP contribution is 2.48. The number of nitrogens with one attached hydrogen (secondary N) is 1. The van der Waals surface area contributed by atoms with E-state index < -0.39 is 0 Å². The van der Waals surface area contributed by atoms with Gasteiger partial charge < -0.3 is 10.1 Å². The molecular formula is C26H28N2O2S. The van der Waals surface area contributed by atoms with Gasteiger partial charge in [-0.25, -0.2) is 0 Å². The molecule has 2 aliphatic rings. The number of nitrogens with zero attached hydrogens (tertiary/aromatic N) is 1. The summed E-state index contributed by atoms with van der Waals surface area (Å²) in [6.07, 6.45) is 3.59. The largest absolute Gasteiger partial charge is 0.497 e. The van der Waals surface area contributed by atoms with E-state index in [1.54, 1.807) is 7.11 Å². The van der Waals surface area contributed by atoms with Crippen molar-refractivity contribution < 1.29 is 9.53 Å². The molecule has 2 heterocycles. The topological polar surface area (TPSA) is 41.6 Å². The van der Waals surface area contributed by atoms with Crippen molar-refractivity contribution >= 4 is 17.2 Å². The summed E-state index contributed by atoms with van der Waals surface area (Å²) < 4.78 is 5.31. The van der Waals surface area contributed by atoms with Gasteiger partial charge in [-0.05, 0) is 65.4 Å². The summed E-state index contributed by atoms with van der Waals surface area (Å²) in [5.41, 5.74) is 3.60. The first-order valence-corrected chi connectivity index (χ1v) is 11.9. The number of rotatable bonds is 7. The molecule has 2 aromatic carbocycles. The molecule has 1 N–H and O–H groups in total. The molecule has 0 bridgehead atoms. The first-order valence-electron chi connectivity index (χ1n) is 11.0. The number of benzene rings is 2. The summed E-state index contributed by atoms with van der Waals surface area (Å²) in [6.45, 7) is 1.40. The molecule has 0 unspecified atom stereocenters. The van der Waals surface area contributed by atoms with E-state index in [0.717, 1.165) is 29.8 Å². The van der Waals surface area contributed by atoms with Crippen LogP contribution in [0.1, 0.15) is 46.5 Å². The number of methoxy groups -OCH3 is 1. The fourth-order valence-electron chi connectivity index (χ4n) is 4.73. The summed E-state index contributed by atoms with van der Waals surface area (Å²) >= 11 is 1.87. The Morgan fingerprint density at radius 2 is 1.84 bits per heavy atom. The van der Waals surface area contributed by atoms with Crippen molar-refractivity contribution in [2.75, 3.05) is 20.2 Å². The second-order valence-electron chi connectivity index (χ2n) is 8.49. The standard InChI is InChI=1S/C26H28N2O2S/c1-30-21-11-9-19(10-12-21)25(18-5-3-2-4-6-18)27-24(29)17-28-15-13-23-22(14-16-31-23)26(28)20-7-8-20/h2-6,9-12,14,16,20,25-26H,7-8,13,15,17H2,1H3,(H,27,29)/t25-,26-/m1/s1. The molecule has 4 nitrogen and oxygen atoms in total. The van der Waals surface area contributed by atoms with Crippen molar-refractivity contribution in [3.05, 3.63) is 87.6 Å². The zero-order valence-electron chi connectivity index (χ0n) is 17.8. The fourth-order valence-corrected chi connectivity index (χ4v) is 5.64. The average Bonchev–Trinajstić information content (AvgIpc) is 3.54. The van der Waals surface area contributed by atoms with Gasteiger partial charge in [0.1, 0.15) is 5.75 Å². The monoisotopic (exact) mass is 432 g/mol. The van der Waals surface area contributed by atoms with E-state index >= 15 is 0 Å². The van der Waals surface area contributed by atoms with E-state index in [-0.39, 0.29) is 11.9 Å². The Labute approximate surface area is 187 Å². The Bertz CT molecular complexity index is 1030. The normalized spacial score (nSPS) is 19.5. The molecule has 1 aliphatic heterocycles. The predicted molar refractivity (Wildman–Crippen MR) is 124 cm³/mol. The number of ether oxygens (including phenoxy) is 1. The first kappa shape index (κ1) is 20.3. The van der Waals surface area contributed by atoms with Gasteiger partial charge in [-0.1, -0.05) is 42.5 Å². The Hall–Kier alpha value is -2.63. The number of hydrogen-bond donors (Lipinski definition) is 1. The highest BCUT2D eigenvalue weighted by Gasteiger charge is 2.40. The van der Waals surface area contributed by atoms with Gasteiger partial charge in [-0.15, -0.1) is 11.3 Å². The van der Waals surface area contributed by atoms with Crippen LogP contribution in [0, 0.1) is 5.92 Å². The van der Waals surface area contributed by atoms with Crippen LogP contribution < -0.4 is 10.1 Å². The number of carbonyl (C=O) groups is 1. The lowest BCUT2D eigenvalue weighted by Gasteiger charge is -2.36. The van der Waals surface area contributed by atoms with Gasteiger partial charge in [0.25, 0.3) is 0 Å². The van der Waals surface area contributed by atoms with Gasteiger partial charge in [0, 0.05) is 17.5 Å². The minimum Gasteiger partial charge on any atom is -0.497 e. The van der Waals surface area contributed by atoms with Crippen molar-refractivity contribution in [3.8, 4) is 5.75 Å². The molecule has 0 saturated heterocycles. The van der Waals surface area contributed by atoms with E-state index in [0.29, 0.717) is 18.5 Å². The summed E-state index contributed by atoms with van der Waals surface area (Å²) in [6, 6.07) is 20.6. The van der Waals surface area contributed by atoms with Crippen LogP contribution in [0.3, 0.4) is 0 Å². The van der Waals surface area contributed by atoms with Crippen LogP contribution in [0.15, 0.2) is 66.0 Å². The third kappa shape index (κ3) is 4.39. The third-order valence-electron chi connectivity index (χ3n) is 6.42. The number of hydrogen-bond acceptors (Lipinski definition) is 4. The van der Waals surface area contributed by atoms with Crippen molar-refractivity contribution in [2.45, 2.75) is 31.3 Å². The Morgan fingerprint density at radius 3 is 2.55 bits per heavy atom. The lowest BCUT2D eigenvalue weighted by atomic mass is 9.95. The van der Waals surface area contributed by atoms with Gasteiger partial charge in [-0.2, -0.15) is 0 Å². The summed E-state index contributed by atoms with van der Waals surface area (Å²) in [4.78, 5) is 17.2. The molecule has 5 heteroatoms. The molecule has 1 aromatic heterocycles. The number of carbonyl (C=O) groups excluding carboxylic acids is 1. The fraction of sp³-hybridized carbons (Fsp3) is 0.346. The zero-order chi connectivity index (χ0) is 21.2. The molecule has 0 spiro atoms. The van der Waals surface area contributed by atoms with Gasteiger partial charge in [0.2, 0.25) is 5.91 Å². The van der Waals surface area contributed by atoms with Crippen molar-refractivity contribution in [1.82, 2.24) is 10.2 Å². The molecule has 1 amide bonds. The first-order chi connectivity index (χ1) is 15.2. The van der Waals surface area contributed by atoms with Gasteiger partial charge >= 0.3 is 0 Å². The number of fused-ring (bicyclic) bond motifs is 1. The Morgan fingerprint density at radius 1 is 1.10 bits per heavy atom. The number of thiophene rings is 1. The maximum Gasteiger partial charge on any atom is 0.234 e. The molecule has 2 atom stereocenters. The Balaban J connectivity index is 1.35. The molecule has 1 saturated carbocycles. The van der Waals surface area contributed by atoms with Crippen LogP contribution in [0.5, 0.6) is 5.75 Å². The molecular weight excluding hydrogens is 404 g/mol. The van der Waals surface area contributed by atoms with Crippen LogP contribution in [0.25, 0.3) is 0 Å². The smallest absolute Gasteiger partial charge is 0.234 e. The minimum atomic E-state index is -0.180. The second kappa shape index (κ2) is 8.85. The van der Waals surface area contributed by atoms with Crippen molar-refractivity contribution in [3.63, 3.8) is 0 Å². The van der Waals surface area contributed by atoms with Gasteiger partial charge in [0.05, 0.1) is 19.7 Å². The molecule has 1 fully saturated rings. The Kier molecular flexibility index (Phi) is 5.79. The van der Waals surface area contributed by atoms with Crippen LogP contribution in [-0.4, -0.2) is 31.0 Å².